The van der Waals surface area contributed by atoms with Crippen molar-refractivity contribution in [2.75, 3.05) is 6.61 Å². The summed E-state index contributed by atoms with van der Waals surface area (Å²) in [6.45, 7) is 12.0. The van der Waals surface area contributed by atoms with E-state index in [1.807, 2.05) is 0 Å². The van der Waals surface area contributed by atoms with E-state index >= 15 is 0 Å². The van der Waals surface area contributed by atoms with Crippen LogP contribution in [0.15, 0.2) is 41.5 Å². The summed E-state index contributed by atoms with van der Waals surface area (Å²) in [5.41, 5.74) is -6.26. The second kappa shape index (κ2) is 13.4. The average Bonchev–Trinajstić information content (AvgIpc) is 3.26. The zero-order chi connectivity index (χ0) is 37.8. The van der Waals surface area contributed by atoms with Crippen LogP contribution in [0.5, 0.6) is 0 Å². The third kappa shape index (κ3) is 6.19. The lowest BCUT2D eigenvalue weighted by Crippen LogP contribution is -2.79. The highest BCUT2D eigenvalue weighted by atomic mass is 16.6. The molecule has 0 unspecified atom stereocenters. The van der Waals surface area contributed by atoms with Crippen molar-refractivity contribution in [2.45, 2.75) is 123 Å². The minimum Gasteiger partial charge on any atom is -0.462 e. The molecule has 1 aromatic carbocycles. The Morgan fingerprint density at radius 2 is 1.37 bits per heavy atom. The Morgan fingerprint density at radius 3 is 1.86 bits per heavy atom. The lowest BCUT2D eigenvalue weighted by Gasteiger charge is -2.65. The van der Waals surface area contributed by atoms with Crippen molar-refractivity contribution in [3.05, 3.63) is 47.0 Å². The number of carbonyl (C=O) groups excluding carboxylic acids is 6. The fourth-order valence-electron chi connectivity index (χ4n) is 9.28. The molecule has 14 heteroatoms. The summed E-state index contributed by atoms with van der Waals surface area (Å²) in [4.78, 5) is 78.9. The van der Waals surface area contributed by atoms with Gasteiger partial charge in [0.05, 0.1) is 34.5 Å². The number of aliphatic hydroxyl groups is 1. The molecule has 0 spiro atoms. The number of ether oxygens (including phenoxy) is 7. The Hall–Kier alpha value is -4.30. The van der Waals surface area contributed by atoms with Gasteiger partial charge in [-0.2, -0.15) is 0 Å². The molecule has 3 aliphatic carbocycles. The molecule has 278 valence electrons. The van der Waals surface area contributed by atoms with Crippen LogP contribution in [0.25, 0.3) is 0 Å². The summed E-state index contributed by atoms with van der Waals surface area (Å²) in [6.07, 6.45) is -7.91. The normalized spacial score (nSPS) is 35.4. The predicted octanol–water partition coefficient (Wildman–Crippen LogP) is 3.16. The Bertz CT molecular complexity index is 1640. The number of rotatable bonds is 8. The van der Waals surface area contributed by atoms with Gasteiger partial charge in [-0.05, 0) is 44.1 Å². The highest BCUT2D eigenvalue weighted by Gasteiger charge is 2.81. The average molecular weight is 715 g/mol. The first-order chi connectivity index (χ1) is 23.7. The lowest BCUT2D eigenvalue weighted by atomic mass is 9.49. The van der Waals surface area contributed by atoms with Gasteiger partial charge in [0.25, 0.3) is 0 Å². The maximum Gasteiger partial charge on any atom is 0.338 e. The van der Waals surface area contributed by atoms with Crippen molar-refractivity contribution in [3.63, 3.8) is 0 Å². The molecule has 4 aliphatic rings. The van der Waals surface area contributed by atoms with Gasteiger partial charge >= 0.3 is 35.8 Å². The zero-order valence-electron chi connectivity index (χ0n) is 30.3. The molecule has 0 amide bonds. The van der Waals surface area contributed by atoms with E-state index < -0.39 is 100 Å². The number of hydrogen-bond donors (Lipinski definition) is 1. The maximum absolute atomic E-state index is 14.1. The van der Waals surface area contributed by atoms with E-state index in [9.17, 15) is 33.9 Å². The second-order valence-corrected chi connectivity index (χ2v) is 14.7. The first-order valence-electron chi connectivity index (χ1n) is 16.9. The van der Waals surface area contributed by atoms with Gasteiger partial charge in [0.15, 0.2) is 17.8 Å². The van der Waals surface area contributed by atoms with Crippen LogP contribution < -0.4 is 0 Å². The number of benzene rings is 1. The van der Waals surface area contributed by atoms with Crippen LogP contribution in [-0.2, 0) is 57.1 Å². The van der Waals surface area contributed by atoms with Crippen LogP contribution in [0, 0.1) is 16.7 Å². The first kappa shape index (κ1) is 37.9. The van der Waals surface area contributed by atoms with E-state index in [0.717, 1.165) is 6.92 Å². The van der Waals surface area contributed by atoms with Crippen LogP contribution in [0.3, 0.4) is 0 Å². The van der Waals surface area contributed by atoms with Crippen molar-refractivity contribution in [3.8, 4) is 0 Å². The molecule has 51 heavy (non-hydrogen) atoms. The summed E-state index contributed by atoms with van der Waals surface area (Å²) in [5, 5.41) is 12.5. The van der Waals surface area contributed by atoms with Gasteiger partial charge in [0.2, 0.25) is 0 Å². The number of hydrogen-bond acceptors (Lipinski definition) is 14. The zero-order valence-corrected chi connectivity index (χ0v) is 30.3. The second-order valence-electron chi connectivity index (χ2n) is 14.7. The maximum atomic E-state index is 14.1. The lowest BCUT2D eigenvalue weighted by molar-refractivity contribution is -0.352. The fraction of sp³-hybridized carbons (Fsp3) is 0.622. The molecule has 1 heterocycles. The Morgan fingerprint density at radius 1 is 0.804 bits per heavy atom. The Labute approximate surface area is 296 Å². The third-order valence-corrected chi connectivity index (χ3v) is 11.1. The fourth-order valence-corrected chi connectivity index (χ4v) is 9.28. The molecule has 1 aromatic rings. The largest absolute Gasteiger partial charge is 0.462 e. The molecule has 5 rings (SSSR count). The molecule has 1 saturated heterocycles. The van der Waals surface area contributed by atoms with Gasteiger partial charge in [-0.1, -0.05) is 25.1 Å². The molecular weight excluding hydrogens is 668 g/mol. The highest BCUT2D eigenvalue weighted by Crippen LogP contribution is 2.69. The number of esters is 6. The summed E-state index contributed by atoms with van der Waals surface area (Å²) < 4.78 is 42.8. The molecule has 0 radical (unpaired) electrons. The van der Waals surface area contributed by atoms with Crippen molar-refractivity contribution in [2.24, 2.45) is 16.7 Å². The monoisotopic (exact) mass is 714 g/mol. The Balaban J connectivity index is 1.96. The molecule has 0 bridgehead atoms. The van der Waals surface area contributed by atoms with Gasteiger partial charge in [-0.3, -0.25) is 24.0 Å². The SMILES string of the molecule is CC(=O)O[C@H]1C[C@@]2(C(C)(C)O)C(=C1C)[C@@H](OC(=O)c1ccccc1)[C@H](OC(C)=O)[C@]1(C)[C@@H](OC(C)=O)C[C@H]3OC[C@@]3(OC(C)=O)[C@H]1[C@@H]2OC(C)=O. The van der Waals surface area contributed by atoms with Crippen molar-refractivity contribution >= 4 is 35.8 Å². The molecule has 2 saturated carbocycles. The molecule has 3 fully saturated rings. The van der Waals surface area contributed by atoms with Gasteiger partial charge in [0.1, 0.15) is 24.4 Å². The van der Waals surface area contributed by atoms with Crippen LogP contribution in [0.1, 0.15) is 85.5 Å². The molecule has 1 aliphatic heterocycles. The predicted molar refractivity (Wildman–Crippen MR) is 174 cm³/mol. The van der Waals surface area contributed by atoms with Gasteiger partial charge in [-0.15, -0.1) is 0 Å². The standard InChI is InChI=1S/C37H46O14/c1-18-25(46-19(2)38)16-36(34(7,8)44)28(18)29(50-33(43)24-13-11-10-12-14-24)31(48-21(4)40)35(9)26(47-20(3)39)15-27-37(17-45-27,51-23(6)42)30(35)32(36)49-22(5)41/h10-14,25-27,29-32,44H,15-17H2,1-9H3/t25-,26-,27+,29+,30-,31-,32-,35+,36+,37-/m0/s1. The van der Waals surface area contributed by atoms with E-state index in [1.165, 1.54) is 53.7 Å². The number of carbonyl (C=O) groups is 6. The van der Waals surface area contributed by atoms with Crippen LogP contribution in [0.4, 0.5) is 0 Å². The van der Waals surface area contributed by atoms with E-state index in [2.05, 4.69) is 0 Å². The minimum atomic E-state index is -1.88. The first-order valence-corrected chi connectivity index (χ1v) is 16.9. The smallest absolute Gasteiger partial charge is 0.338 e. The summed E-state index contributed by atoms with van der Waals surface area (Å²) in [7, 11) is 0. The third-order valence-electron chi connectivity index (χ3n) is 11.1. The van der Waals surface area contributed by atoms with Crippen molar-refractivity contribution in [1.29, 1.82) is 0 Å². The van der Waals surface area contributed by atoms with Gasteiger partial charge in [-0.25, -0.2) is 4.79 Å². The Kier molecular flexibility index (Phi) is 9.93. The van der Waals surface area contributed by atoms with Crippen LogP contribution in [0.2, 0.25) is 0 Å². The van der Waals surface area contributed by atoms with Gasteiger partial charge < -0.3 is 38.3 Å². The van der Waals surface area contributed by atoms with Crippen LogP contribution in [-0.4, -0.2) is 95.4 Å². The highest BCUT2D eigenvalue weighted by molar-refractivity contribution is 5.89. The van der Waals surface area contributed by atoms with E-state index in [1.54, 1.807) is 32.0 Å². The topological polar surface area (TPSA) is 187 Å². The summed E-state index contributed by atoms with van der Waals surface area (Å²) in [5.74, 6) is -5.73. The minimum absolute atomic E-state index is 0.0482. The van der Waals surface area contributed by atoms with E-state index in [0.29, 0.717) is 5.57 Å². The molecule has 14 nitrogen and oxygen atoms in total. The van der Waals surface area contributed by atoms with Gasteiger partial charge in [0, 0.05) is 47.5 Å². The summed E-state index contributed by atoms with van der Waals surface area (Å²) >= 11 is 0. The molecule has 1 N–H and O–H groups in total. The number of fused-ring (bicyclic) bond motifs is 4. The molecule has 0 aromatic heterocycles. The van der Waals surface area contributed by atoms with Crippen molar-refractivity contribution < 1.29 is 67.0 Å². The summed E-state index contributed by atoms with van der Waals surface area (Å²) in [6, 6.07) is 8.04. The quantitative estimate of drug-likeness (QED) is 0.235. The molecular formula is C37H46O14. The van der Waals surface area contributed by atoms with Crippen molar-refractivity contribution in [1.82, 2.24) is 0 Å². The van der Waals surface area contributed by atoms with E-state index in [-0.39, 0.29) is 30.6 Å². The molecule has 10 atom stereocenters. The van der Waals surface area contributed by atoms with Crippen LogP contribution >= 0.6 is 0 Å². The van der Waals surface area contributed by atoms with E-state index in [4.69, 9.17) is 33.2 Å².